The summed E-state index contributed by atoms with van der Waals surface area (Å²) in [6.45, 7) is 0. The molecule has 2 nitrogen and oxygen atoms in total. The molecule has 2 aromatic rings. The lowest BCUT2D eigenvalue weighted by molar-refractivity contribution is 0.374. The molecule has 0 radical (unpaired) electrons. The molecule has 11 heteroatoms. The molecule has 0 saturated carbocycles. The number of benzene rings is 2. The average molecular weight is 463 g/mol. The van der Waals surface area contributed by atoms with Crippen molar-refractivity contribution in [3.05, 3.63) is 74.1 Å². The molecule has 0 aromatic heterocycles. The molecular weight excluding hydrogens is 457 g/mol. The van der Waals surface area contributed by atoms with Crippen LogP contribution >= 0.6 is 15.9 Å². The second-order valence-electron chi connectivity index (χ2n) is 4.92. The average Bonchev–Trinajstić information content (AvgIpc) is 2.59. The lowest BCUT2D eigenvalue weighted by atomic mass is 10.1. The molecule has 0 aliphatic carbocycles. The molecule has 0 heterocycles. The molecular formula is C15H6BrF7O2S. The van der Waals surface area contributed by atoms with E-state index in [1.165, 1.54) is 24.3 Å². The third-order valence-electron chi connectivity index (χ3n) is 3.14. The van der Waals surface area contributed by atoms with Crippen LogP contribution in [0.4, 0.5) is 30.7 Å². The van der Waals surface area contributed by atoms with Gasteiger partial charge in [-0.15, -0.1) is 0 Å². The van der Waals surface area contributed by atoms with Gasteiger partial charge in [0.1, 0.15) is 0 Å². The Morgan fingerprint density at radius 1 is 0.808 bits per heavy atom. The Labute approximate surface area is 151 Å². The summed E-state index contributed by atoms with van der Waals surface area (Å²) in [5.74, 6) is -16.8. The van der Waals surface area contributed by atoms with Crippen molar-refractivity contribution in [3.63, 3.8) is 0 Å². The molecule has 0 fully saturated rings. The van der Waals surface area contributed by atoms with E-state index in [-0.39, 0.29) is 5.56 Å². The molecule has 2 rings (SSSR count). The second-order valence-corrected chi connectivity index (χ2v) is 7.71. The predicted molar refractivity (Wildman–Crippen MR) is 82.1 cm³/mol. The van der Waals surface area contributed by atoms with Gasteiger partial charge in [0.25, 0.3) is 5.16 Å². The van der Waals surface area contributed by atoms with Crippen molar-refractivity contribution in [1.82, 2.24) is 0 Å². The Kier molecular flexibility index (Phi) is 5.81. The molecule has 0 saturated heterocycles. The molecule has 0 aliphatic heterocycles. The molecule has 0 N–H and O–H groups in total. The van der Waals surface area contributed by atoms with Crippen LogP contribution in [0, 0.1) is 29.1 Å². The number of hydrogen-bond donors (Lipinski definition) is 0. The summed E-state index contributed by atoms with van der Waals surface area (Å²) in [5, 5.41) is -2.65. The summed E-state index contributed by atoms with van der Waals surface area (Å²) in [7, 11) is -5.09. The highest BCUT2D eigenvalue weighted by Crippen LogP contribution is 2.33. The Hall–Kier alpha value is -1.88. The van der Waals surface area contributed by atoms with Crippen LogP contribution in [0.2, 0.25) is 0 Å². The third-order valence-corrected chi connectivity index (χ3v) is 5.11. The number of halogens is 8. The van der Waals surface area contributed by atoms with Crippen molar-refractivity contribution in [3.8, 4) is 0 Å². The van der Waals surface area contributed by atoms with Crippen LogP contribution in [-0.2, 0) is 15.6 Å². The van der Waals surface area contributed by atoms with Gasteiger partial charge in [-0.3, -0.25) is 0 Å². The highest BCUT2D eigenvalue weighted by atomic mass is 79.9. The normalized spacial score (nSPS) is 12.9. The molecule has 26 heavy (non-hydrogen) atoms. The van der Waals surface area contributed by atoms with E-state index < -0.39 is 61.2 Å². The van der Waals surface area contributed by atoms with Gasteiger partial charge in [-0.05, 0) is 17.7 Å². The quantitative estimate of drug-likeness (QED) is 0.350. The summed E-state index contributed by atoms with van der Waals surface area (Å²) < 4.78 is 118. The monoisotopic (exact) mass is 462 g/mol. The maximum Gasteiger partial charge on any atom is 0.251 e. The molecule has 0 aliphatic rings. The van der Waals surface area contributed by atoms with Crippen LogP contribution < -0.4 is 0 Å². The SMILES string of the molecule is O=S(=O)(Cc1ccc(Br)cc1)C(F)=C(F)c1c(F)c(F)c(F)c(F)c1F. The molecule has 0 atom stereocenters. The van der Waals surface area contributed by atoms with Crippen molar-refractivity contribution >= 4 is 31.6 Å². The van der Waals surface area contributed by atoms with Gasteiger partial charge < -0.3 is 0 Å². The zero-order valence-electron chi connectivity index (χ0n) is 12.3. The first-order valence-electron chi connectivity index (χ1n) is 6.51. The molecule has 140 valence electrons. The number of hydrogen-bond acceptors (Lipinski definition) is 2. The van der Waals surface area contributed by atoms with Crippen LogP contribution in [-0.4, -0.2) is 8.42 Å². The van der Waals surface area contributed by atoms with Gasteiger partial charge in [0.05, 0.1) is 11.3 Å². The standard InChI is InChI=1S/C15H6BrF7O2S/c16-7-3-1-6(2-4-7)5-26(24,25)15(23)11(19)8-9(17)12(20)14(22)13(21)10(8)18/h1-4H,5H2. The van der Waals surface area contributed by atoms with Gasteiger partial charge in [0.2, 0.25) is 15.7 Å². The van der Waals surface area contributed by atoms with Gasteiger partial charge in [0, 0.05) is 4.47 Å². The predicted octanol–water partition coefficient (Wildman–Crippen LogP) is 5.32. The van der Waals surface area contributed by atoms with E-state index in [4.69, 9.17) is 0 Å². The van der Waals surface area contributed by atoms with E-state index >= 15 is 0 Å². The third kappa shape index (κ3) is 3.78. The van der Waals surface area contributed by atoms with Gasteiger partial charge in [-0.25, -0.2) is 34.8 Å². The number of sulfone groups is 1. The minimum atomic E-state index is -5.09. The van der Waals surface area contributed by atoms with E-state index in [0.29, 0.717) is 4.47 Å². The molecule has 0 unspecified atom stereocenters. The largest absolute Gasteiger partial charge is 0.251 e. The van der Waals surface area contributed by atoms with E-state index in [1.807, 2.05) is 0 Å². The van der Waals surface area contributed by atoms with Gasteiger partial charge in [-0.1, -0.05) is 28.1 Å². The van der Waals surface area contributed by atoms with E-state index in [1.54, 1.807) is 0 Å². The zero-order chi connectivity index (χ0) is 19.8. The fraction of sp³-hybridized carbons (Fsp3) is 0.0667. The smallest absolute Gasteiger partial charge is 0.221 e. The first-order chi connectivity index (χ1) is 12.0. The van der Waals surface area contributed by atoms with E-state index in [9.17, 15) is 39.2 Å². The van der Waals surface area contributed by atoms with Crippen molar-refractivity contribution < 1.29 is 39.2 Å². The minimum absolute atomic E-state index is 0.00596. The lowest BCUT2D eigenvalue weighted by Crippen LogP contribution is -2.10. The molecule has 2 aromatic carbocycles. The van der Waals surface area contributed by atoms with Crippen LogP contribution in [0.25, 0.3) is 5.83 Å². The highest BCUT2D eigenvalue weighted by Gasteiger charge is 2.33. The summed E-state index contributed by atoms with van der Waals surface area (Å²) in [6, 6.07) is 5.27. The summed E-state index contributed by atoms with van der Waals surface area (Å²) >= 11 is 3.07. The van der Waals surface area contributed by atoms with Gasteiger partial charge >= 0.3 is 0 Å². The summed E-state index contributed by atoms with van der Waals surface area (Å²) in [6.07, 6.45) is 0. The number of rotatable bonds is 4. The topological polar surface area (TPSA) is 34.1 Å². The molecule has 0 amide bonds. The van der Waals surface area contributed by atoms with Crippen molar-refractivity contribution in [2.45, 2.75) is 5.75 Å². The molecule has 0 bridgehead atoms. The summed E-state index contributed by atoms with van der Waals surface area (Å²) in [4.78, 5) is 0. The van der Waals surface area contributed by atoms with Crippen LogP contribution in [0.1, 0.15) is 11.1 Å². The van der Waals surface area contributed by atoms with Gasteiger partial charge in [0.15, 0.2) is 29.1 Å². The zero-order valence-corrected chi connectivity index (χ0v) is 14.7. The van der Waals surface area contributed by atoms with E-state index in [2.05, 4.69) is 15.9 Å². The lowest BCUT2D eigenvalue weighted by Gasteiger charge is -2.08. The Bertz CT molecular complexity index is 973. The Morgan fingerprint density at radius 3 is 1.69 bits per heavy atom. The van der Waals surface area contributed by atoms with Gasteiger partial charge in [-0.2, -0.15) is 4.39 Å². The van der Waals surface area contributed by atoms with Crippen molar-refractivity contribution in [2.75, 3.05) is 0 Å². The second kappa shape index (κ2) is 7.39. The van der Waals surface area contributed by atoms with Crippen LogP contribution in [0.15, 0.2) is 33.9 Å². The van der Waals surface area contributed by atoms with Crippen molar-refractivity contribution in [1.29, 1.82) is 0 Å². The fourth-order valence-electron chi connectivity index (χ4n) is 1.90. The van der Waals surface area contributed by atoms with Crippen LogP contribution in [0.3, 0.4) is 0 Å². The molecule has 0 spiro atoms. The first kappa shape index (κ1) is 20.4. The maximum atomic E-state index is 14.0. The van der Waals surface area contributed by atoms with Crippen molar-refractivity contribution in [2.24, 2.45) is 0 Å². The van der Waals surface area contributed by atoms with Crippen LogP contribution in [0.5, 0.6) is 0 Å². The highest BCUT2D eigenvalue weighted by molar-refractivity contribution is 9.10. The first-order valence-corrected chi connectivity index (χ1v) is 8.96. The summed E-state index contributed by atoms with van der Waals surface area (Å²) in [5.41, 5.74) is -2.30. The van der Waals surface area contributed by atoms with E-state index in [0.717, 1.165) is 0 Å². The Morgan fingerprint density at radius 2 is 1.23 bits per heavy atom. The maximum absolute atomic E-state index is 14.0. The fourth-order valence-corrected chi connectivity index (χ4v) is 3.29. The Balaban J connectivity index is 2.57. The minimum Gasteiger partial charge on any atom is -0.221 e.